The number of benzene rings is 1. The number of aromatic nitrogens is 2. The standard InChI is InChI=1S/C23H38N6.HI/c1-18(2)16-28-13-7-9-20(17-28)15-26-23(24-4)25-12-8-14-29-19(3)27-21-10-5-6-11-22(21)29;/h5-6,10-11,18,20H,7-9,12-17H2,1-4H3,(H2,24,25,26);1H. The zero-order chi connectivity index (χ0) is 20.6. The van der Waals surface area contributed by atoms with Gasteiger partial charge in [-0.3, -0.25) is 4.99 Å². The lowest BCUT2D eigenvalue weighted by atomic mass is 9.97. The predicted octanol–water partition coefficient (Wildman–Crippen LogP) is 3.89. The Balaban J connectivity index is 0.00000320. The van der Waals surface area contributed by atoms with E-state index in [-0.39, 0.29) is 24.0 Å². The number of nitrogens with one attached hydrogen (secondary N) is 2. The Morgan fingerprint density at radius 3 is 2.83 bits per heavy atom. The number of piperidine rings is 1. The van der Waals surface area contributed by atoms with Gasteiger partial charge in [0.2, 0.25) is 0 Å². The second-order valence-corrected chi connectivity index (χ2v) is 8.69. The summed E-state index contributed by atoms with van der Waals surface area (Å²) in [6.07, 6.45) is 3.66. The third-order valence-electron chi connectivity index (χ3n) is 5.70. The summed E-state index contributed by atoms with van der Waals surface area (Å²) < 4.78 is 2.30. The highest BCUT2D eigenvalue weighted by Gasteiger charge is 2.20. The molecule has 0 saturated carbocycles. The summed E-state index contributed by atoms with van der Waals surface area (Å²) in [6, 6.07) is 8.36. The molecule has 1 saturated heterocycles. The Morgan fingerprint density at radius 1 is 1.27 bits per heavy atom. The molecule has 1 aliphatic rings. The number of hydrogen-bond acceptors (Lipinski definition) is 3. The summed E-state index contributed by atoms with van der Waals surface area (Å²) in [4.78, 5) is 11.7. The minimum absolute atomic E-state index is 0. The maximum Gasteiger partial charge on any atom is 0.190 e. The summed E-state index contributed by atoms with van der Waals surface area (Å²) in [7, 11) is 1.86. The number of aliphatic imine (C=N–C) groups is 1. The number of fused-ring (bicyclic) bond motifs is 1. The van der Waals surface area contributed by atoms with Crippen LogP contribution in [0, 0.1) is 18.8 Å². The lowest BCUT2D eigenvalue weighted by molar-refractivity contribution is 0.159. The maximum atomic E-state index is 4.65. The highest BCUT2D eigenvalue weighted by Crippen LogP contribution is 2.17. The van der Waals surface area contributed by atoms with E-state index in [2.05, 4.69) is 69.0 Å². The molecule has 7 heteroatoms. The highest BCUT2D eigenvalue weighted by molar-refractivity contribution is 14.0. The topological polar surface area (TPSA) is 57.5 Å². The van der Waals surface area contributed by atoms with E-state index in [1.54, 1.807) is 0 Å². The van der Waals surface area contributed by atoms with E-state index < -0.39 is 0 Å². The van der Waals surface area contributed by atoms with Crippen LogP contribution in [0.5, 0.6) is 0 Å². The van der Waals surface area contributed by atoms with Gasteiger partial charge in [-0.2, -0.15) is 0 Å². The average molecular weight is 527 g/mol. The number of halogens is 1. The van der Waals surface area contributed by atoms with Crippen molar-refractivity contribution < 1.29 is 0 Å². The lowest BCUT2D eigenvalue weighted by Gasteiger charge is -2.34. The molecule has 1 unspecified atom stereocenters. The highest BCUT2D eigenvalue weighted by atomic mass is 127. The molecule has 30 heavy (non-hydrogen) atoms. The molecule has 1 aliphatic heterocycles. The van der Waals surface area contributed by atoms with Crippen LogP contribution in [-0.2, 0) is 6.54 Å². The Morgan fingerprint density at radius 2 is 2.07 bits per heavy atom. The number of imidazole rings is 1. The van der Waals surface area contributed by atoms with Crippen molar-refractivity contribution in [2.75, 3.05) is 39.8 Å². The van der Waals surface area contributed by atoms with E-state index in [9.17, 15) is 0 Å². The van der Waals surface area contributed by atoms with Crippen molar-refractivity contribution in [3.8, 4) is 0 Å². The van der Waals surface area contributed by atoms with Crippen LogP contribution in [0.15, 0.2) is 29.3 Å². The fourth-order valence-electron chi connectivity index (χ4n) is 4.38. The second-order valence-electron chi connectivity index (χ2n) is 8.69. The smallest absolute Gasteiger partial charge is 0.190 e. The van der Waals surface area contributed by atoms with Crippen LogP contribution in [0.2, 0.25) is 0 Å². The number of likely N-dealkylation sites (tertiary alicyclic amines) is 1. The first-order valence-electron chi connectivity index (χ1n) is 11.2. The minimum atomic E-state index is 0. The number of guanidine groups is 1. The normalized spacial score (nSPS) is 17.9. The Bertz CT molecular complexity index is 800. The van der Waals surface area contributed by atoms with Crippen molar-refractivity contribution in [2.24, 2.45) is 16.8 Å². The van der Waals surface area contributed by atoms with Crippen molar-refractivity contribution in [1.82, 2.24) is 25.1 Å². The fraction of sp³-hybridized carbons (Fsp3) is 0.652. The minimum Gasteiger partial charge on any atom is -0.356 e. The number of aryl methyl sites for hydroxylation is 2. The van der Waals surface area contributed by atoms with Gasteiger partial charge in [-0.1, -0.05) is 26.0 Å². The first-order chi connectivity index (χ1) is 14.1. The molecule has 1 aromatic carbocycles. The van der Waals surface area contributed by atoms with Gasteiger partial charge in [0.1, 0.15) is 5.82 Å². The molecular weight excluding hydrogens is 487 g/mol. The van der Waals surface area contributed by atoms with Gasteiger partial charge in [0.15, 0.2) is 5.96 Å². The van der Waals surface area contributed by atoms with Gasteiger partial charge in [-0.05, 0) is 56.7 Å². The van der Waals surface area contributed by atoms with Crippen molar-refractivity contribution in [3.63, 3.8) is 0 Å². The van der Waals surface area contributed by atoms with Crippen molar-refractivity contribution >= 4 is 41.0 Å². The molecule has 1 aromatic heterocycles. The first kappa shape index (κ1) is 24.9. The number of rotatable bonds is 8. The molecule has 1 atom stereocenters. The third-order valence-corrected chi connectivity index (χ3v) is 5.70. The van der Waals surface area contributed by atoms with E-state index in [1.165, 1.54) is 38.0 Å². The van der Waals surface area contributed by atoms with Crippen LogP contribution in [0.25, 0.3) is 11.0 Å². The zero-order valence-corrected chi connectivity index (χ0v) is 21.4. The average Bonchev–Trinajstić information content (AvgIpc) is 3.02. The van der Waals surface area contributed by atoms with Gasteiger partial charge in [0.25, 0.3) is 0 Å². The Kier molecular flexibility index (Phi) is 10.4. The molecule has 1 fully saturated rings. The predicted molar refractivity (Wildman–Crippen MR) is 138 cm³/mol. The van der Waals surface area contributed by atoms with Gasteiger partial charge in [0, 0.05) is 39.8 Å². The third kappa shape index (κ3) is 7.11. The molecule has 0 bridgehead atoms. The summed E-state index contributed by atoms with van der Waals surface area (Å²) in [5, 5.41) is 7.01. The van der Waals surface area contributed by atoms with E-state index in [0.29, 0.717) is 5.92 Å². The molecule has 0 spiro atoms. The lowest BCUT2D eigenvalue weighted by Crippen LogP contribution is -2.45. The molecule has 0 radical (unpaired) electrons. The molecule has 0 amide bonds. The molecule has 3 rings (SSSR count). The SMILES string of the molecule is CN=C(NCCCn1c(C)nc2ccccc21)NCC1CCCN(CC(C)C)C1.I. The summed E-state index contributed by atoms with van der Waals surface area (Å²) >= 11 is 0. The molecule has 6 nitrogen and oxygen atoms in total. The Labute approximate surface area is 198 Å². The van der Waals surface area contributed by atoms with E-state index in [1.807, 2.05) is 13.1 Å². The van der Waals surface area contributed by atoms with Crippen molar-refractivity contribution in [1.29, 1.82) is 0 Å². The van der Waals surface area contributed by atoms with Gasteiger partial charge >= 0.3 is 0 Å². The summed E-state index contributed by atoms with van der Waals surface area (Å²) in [5.41, 5.74) is 2.30. The van der Waals surface area contributed by atoms with Crippen LogP contribution < -0.4 is 10.6 Å². The van der Waals surface area contributed by atoms with Gasteiger partial charge < -0.3 is 20.1 Å². The van der Waals surface area contributed by atoms with Crippen LogP contribution in [0.1, 0.15) is 38.9 Å². The number of nitrogens with zero attached hydrogens (tertiary/aromatic N) is 4. The summed E-state index contributed by atoms with van der Waals surface area (Å²) in [5.74, 6) is 3.45. The van der Waals surface area contributed by atoms with Gasteiger partial charge in [-0.15, -0.1) is 24.0 Å². The van der Waals surface area contributed by atoms with Crippen molar-refractivity contribution in [2.45, 2.75) is 46.6 Å². The number of hydrogen-bond donors (Lipinski definition) is 2. The molecular formula is C23H39IN6. The fourth-order valence-corrected chi connectivity index (χ4v) is 4.38. The largest absolute Gasteiger partial charge is 0.356 e. The first-order valence-corrected chi connectivity index (χ1v) is 11.2. The second kappa shape index (κ2) is 12.5. The molecule has 0 aliphatic carbocycles. The van der Waals surface area contributed by atoms with E-state index >= 15 is 0 Å². The van der Waals surface area contributed by atoms with Crippen LogP contribution in [0.3, 0.4) is 0 Å². The van der Waals surface area contributed by atoms with Crippen LogP contribution in [0.4, 0.5) is 0 Å². The zero-order valence-electron chi connectivity index (χ0n) is 19.0. The molecule has 168 valence electrons. The molecule has 2 N–H and O–H groups in total. The van der Waals surface area contributed by atoms with E-state index in [0.717, 1.165) is 49.3 Å². The van der Waals surface area contributed by atoms with Gasteiger partial charge in [-0.25, -0.2) is 4.98 Å². The summed E-state index contributed by atoms with van der Waals surface area (Å²) in [6.45, 7) is 13.2. The Hall–Kier alpha value is -1.35. The van der Waals surface area contributed by atoms with Gasteiger partial charge in [0.05, 0.1) is 11.0 Å². The monoisotopic (exact) mass is 526 g/mol. The van der Waals surface area contributed by atoms with E-state index in [4.69, 9.17) is 0 Å². The van der Waals surface area contributed by atoms with Crippen molar-refractivity contribution in [3.05, 3.63) is 30.1 Å². The maximum absolute atomic E-state index is 4.65. The molecule has 2 heterocycles. The quantitative estimate of drug-likeness (QED) is 0.237. The number of para-hydroxylation sites is 2. The van der Waals surface area contributed by atoms with Crippen LogP contribution in [-0.4, -0.2) is 60.2 Å². The van der Waals surface area contributed by atoms with Crippen LogP contribution >= 0.6 is 24.0 Å². The molecule has 2 aromatic rings.